The molecule has 4 rings (SSSR count). The fourth-order valence-corrected chi connectivity index (χ4v) is 3.07. The van der Waals surface area contributed by atoms with Crippen LogP contribution in [0.15, 0.2) is 66.7 Å². The van der Waals surface area contributed by atoms with E-state index in [1.165, 1.54) is 0 Å². The summed E-state index contributed by atoms with van der Waals surface area (Å²) in [7, 11) is 3.18. The number of para-hydroxylation sites is 1. The van der Waals surface area contributed by atoms with Gasteiger partial charge in [-0.05, 0) is 55.0 Å². The monoisotopic (exact) mass is 423 g/mol. The van der Waals surface area contributed by atoms with Crippen molar-refractivity contribution in [1.29, 1.82) is 0 Å². The standard InChI is InChI=1S/C23H21N3O3.ClH/c1-15-14-17(29-16-8-5-4-6-9-16)12-13-18(15)24-22-21-19(25-23(26-22)28-3)10-7-11-20(21)27-2;/h4-14H,1-3H3,(H,24,25,26);1H. The van der Waals surface area contributed by atoms with Gasteiger partial charge in [0.25, 0.3) is 0 Å². The van der Waals surface area contributed by atoms with Crippen molar-refractivity contribution in [3.05, 3.63) is 72.3 Å². The van der Waals surface area contributed by atoms with Crippen LogP contribution in [0.1, 0.15) is 5.56 Å². The number of fused-ring (bicyclic) bond motifs is 1. The molecule has 3 aromatic carbocycles. The maximum absolute atomic E-state index is 5.91. The van der Waals surface area contributed by atoms with Crippen molar-refractivity contribution in [1.82, 2.24) is 9.97 Å². The third-order valence-corrected chi connectivity index (χ3v) is 4.50. The summed E-state index contributed by atoms with van der Waals surface area (Å²) in [5.41, 5.74) is 2.65. The van der Waals surface area contributed by atoms with Gasteiger partial charge in [0, 0.05) is 5.69 Å². The third kappa shape index (κ3) is 4.39. The number of ether oxygens (including phenoxy) is 3. The molecule has 7 heteroatoms. The predicted octanol–water partition coefficient (Wildman–Crippen LogP) is 5.91. The molecule has 0 atom stereocenters. The summed E-state index contributed by atoms with van der Waals surface area (Å²) in [6, 6.07) is 21.5. The fourth-order valence-electron chi connectivity index (χ4n) is 3.07. The highest BCUT2D eigenvalue weighted by atomic mass is 35.5. The predicted molar refractivity (Wildman–Crippen MR) is 121 cm³/mol. The van der Waals surface area contributed by atoms with E-state index in [1.807, 2.05) is 73.7 Å². The Hall–Kier alpha value is -3.51. The van der Waals surface area contributed by atoms with Gasteiger partial charge in [0.2, 0.25) is 0 Å². The number of methoxy groups -OCH3 is 2. The number of aromatic nitrogens is 2. The Morgan fingerprint density at radius 3 is 2.30 bits per heavy atom. The highest BCUT2D eigenvalue weighted by molar-refractivity contribution is 5.96. The first-order valence-electron chi connectivity index (χ1n) is 9.17. The van der Waals surface area contributed by atoms with Crippen molar-refractivity contribution in [2.75, 3.05) is 19.5 Å². The Morgan fingerprint density at radius 2 is 1.60 bits per heavy atom. The minimum atomic E-state index is 0. The number of hydrogen-bond acceptors (Lipinski definition) is 6. The van der Waals surface area contributed by atoms with Crippen molar-refractivity contribution >= 4 is 34.8 Å². The fraction of sp³-hybridized carbons (Fsp3) is 0.130. The molecule has 1 aromatic heterocycles. The smallest absolute Gasteiger partial charge is 0.318 e. The molecule has 0 fully saturated rings. The number of halogens is 1. The lowest BCUT2D eigenvalue weighted by molar-refractivity contribution is 0.382. The van der Waals surface area contributed by atoms with E-state index in [9.17, 15) is 0 Å². The highest BCUT2D eigenvalue weighted by Gasteiger charge is 2.14. The number of nitrogens with one attached hydrogen (secondary N) is 1. The molecule has 0 bridgehead atoms. The molecule has 4 aromatic rings. The average molecular weight is 424 g/mol. The van der Waals surface area contributed by atoms with Gasteiger partial charge in [0.05, 0.1) is 25.1 Å². The van der Waals surface area contributed by atoms with Crippen LogP contribution in [-0.4, -0.2) is 24.2 Å². The van der Waals surface area contributed by atoms with Crippen LogP contribution in [0.5, 0.6) is 23.3 Å². The van der Waals surface area contributed by atoms with Gasteiger partial charge in [-0.3, -0.25) is 0 Å². The molecule has 0 amide bonds. The molecule has 30 heavy (non-hydrogen) atoms. The van der Waals surface area contributed by atoms with Crippen LogP contribution < -0.4 is 19.5 Å². The van der Waals surface area contributed by atoms with E-state index in [0.717, 1.165) is 33.7 Å². The molecule has 1 N–H and O–H groups in total. The molecule has 0 aliphatic rings. The van der Waals surface area contributed by atoms with Crippen LogP contribution in [0.25, 0.3) is 10.9 Å². The molecule has 154 valence electrons. The van der Waals surface area contributed by atoms with Gasteiger partial charge in [0.15, 0.2) is 0 Å². The first-order valence-corrected chi connectivity index (χ1v) is 9.17. The summed E-state index contributed by atoms with van der Waals surface area (Å²) in [4.78, 5) is 8.91. The molecule has 0 radical (unpaired) electrons. The van der Waals surface area contributed by atoms with Crippen LogP contribution in [-0.2, 0) is 0 Å². The minimum absolute atomic E-state index is 0. The second-order valence-corrected chi connectivity index (χ2v) is 6.43. The van der Waals surface area contributed by atoms with Crippen LogP contribution in [0.4, 0.5) is 11.5 Å². The maximum atomic E-state index is 5.91. The van der Waals surface area contributed by atoms with E-state index in [0.29, 0.717) is 11.6 Å². The molecule has 0 aliphatic heterocycles. The normalized spacial score (nSPS) is 10.2. The lowest BCUT2D eigenvalue weighted by Crippen LogP contribution is -2.02. The number of rotatable bonds is 6. The van der Waals surface area contributed by atoms with Crippen LogP contribution in [0.2, 0.25) is 0 Å². The Kier molecular flexibility index (Phi) is 6.59. The van der Waals surface area contributed by atoms with Crippen molar-refractivity contribution in [2.24, 2.45) is 0 Å². The molecule has 1 heterocycles. The molecule has 0 aliphatic carbocycles. The molecule has 0 spiro atoms. The van der Waals surface area contributed by atoms with Gasteiger partial charge in [-0.25, -0.2) is 0 Å². The molecule has 0 saturated heterocycles. The Bertz CT molecular complexity index is 1150. The maximum Gasteiger partial charge on any atom is 0.318 e. The average Bonchev–Trinajstić information content (AvgIpc) is 2.75. The van der Waals surface area contributed by atoms with Gasteiger partial charge < -0.3 is 19.5 Å². The molecule has 0 unspecified atom stereocenters. The van der Waals surface area contributed by atoms with Crippen LogP contribution in [0.3, 0.4) is 0 Å². The number of aryl methyl sites for hydroxylation is 1. The Labute approximate surface area is 181 Å². The Balaban J connectivity index is 0.00000256. The second-order valence-electron chi connectivity index (χ2n) is 6.43. The first-order chi connectivity index (χ1) is 14.2. The van der Waals surface area contributed by atoms with Crippen molar-refractivity contribution < 1.29 is 14.2 Å². The first kappa shape index (κ1) is 21.2. The number of hydrogen-bond donors (Lipinski definition) is 1. The van der Waals surface area contributed by atoms with Crippen molar-refractivity contribution in [3.8, 4) is 23.3 Å². The number of nitrogens with zero attached hydrogens (tertiary/aromatic N) is 2. The second kappa shape index (κ2) is 9.33. The third-order valence-electron chi connectivity index (χ3n) is 4.50. The summed E-state index contributed by atoms with van der Waals surface area (Å²) in [5.74, 6) is 2.87. The zero-order chi connectivity index (χ0) is 20.2. The van der Waals surface area contributed by atoms with Crippen LogP contribution >= 0.6 is 12.4 Å². The van der Waals surface area contributed by atoms with Gasteiger partial charge in [-0.2, -0.15) is 9.97 Å². The van der Waals surface area contributed by atoms with Gasteiger partial charge in [-0.15, -0.1) is 12.4 Å². The zero-order valence-corrected chi connectivity index (χ0v) is 17.7. The topological polar surface area (TPSA) is 65.5 Å². The zero-order valence-electron chi connectivity index (χ0n) is 16.9. The number of anilines is 2. The van der Waals surface area contributed by atoms with E-state index in [4.69, 9.17) is 14.2 Å². The number of benzene rings is 3. The van der Waals surface area contributed by atoms with E-state index in [-0.39, 0.29) is 18.4 Å². The largest absolute Gasteiger partial charge is 0.496 e. The van der Waals surface area contributed by atoms with Crippen LogP contribution in [0, 0.1) is 6.92 Å². The molecule has 6 nitrogen and oxygen atoms in total. The van der Waals surface area contributed by atoms with Crippen molar-refractivity contribution in [3.63, 3.8) is 0 Å². The van der Waals surface area contributed by atoms with Gasteiger partial charge in [-0.1, -0.05) is 24.3 Å². The summed E-state index contributed by atoms with van der Waals surface area (Å²) < 4.78 is 16.7. The summed E-state index contributed by atoms with van der Waals surface area (Å²) >= 11 is 0. The highest BCUT2D eigenvalue weighted by Crippen LogP contribution is 2.34. The minimum Gasteiger partial charge on any atom is -0.496 e. The SMILES string of the molecule is COc1nc(Nc2ccc(Oc3ccccc3)cc2C)c2c(OC)cccc2n1.Cl. The van der Waals surface area contributed by atoms with E-state index in [2.05, 4.69) is 15.3 Å². The van der Waals surface area contributed by atoms with Gasteiger partial charge in [0.1, 0.15) is 23.1 Å². The summed E-state index contributed by atoms with van der Waals surface area (Å²) in [5, 5.41) is 4.18. The summed E-state index contributed by atoms with van der Waals surface area (Å²) in [6.07, 6.45) is 0. The lowest BCUT2D eigenvalue weighted by Gasteiger charge is -2.15. The summed E-state index contributed by atoms with van der Waals surface area (Å²) in [6.45, 7) is 2.01. The lowest BCUT2D eigenvalue weighted by atomic mass is 10.1. The Morgan fingerprint density at radius 1 is 0.800 bits per heavy atom. The van der Waals surface area contributed by atoms with Gasteiger partial charge >= 0.3 is 6.01 Å². The molecular formula is C23H22ClN3O3. The quantitative estimate of drug-likeness (QED) is 0.415. The van der Waals surface area contributed by atoms with E-state index >= 15 is 0 Å². The molecule has 0 saturated carbocycles. The van der Waals surface area contributed by atoms with E-state index in [1.54, 1.807) is 14.2 Å². The van der Waals surface area contributed by atoms with Crippen molar-refractivity contribution in [2.45, 2.75) is 6.92 Å². The molecular weight excluding hydrogens is 402 g/mol. The van der Waals surface area contributed by atoms with E-state index < -0.39 is 0 Å².